The Morgan fingerprint density at radius 1 is 0.917 bits per heavy atom. The van der Waals surface area contributed by atoms with Crippen molar-refractivity contribution in [3.63, 3.8) is 0 Å². The number of carbonyl (C=O) groups excluding carboxylic acids is 3. The number of hydrogen-bond acceptors (Lipinski definition) is 4. The second kappa shape index (κ2) is 7.87. The Bertz CT molecular complexity index is 732. The molecule has 0 fully saturated rings. The minimum Gasteiger partial charge on any atom is -0.449 e. The van der Waals surface area contributed by atoms with Crippen LogP contribution in [0.3, 0.4) is 0 Å². The number of hydrogen-bond donors (Lipinski definition) is 2. The highest BCUT2D eigenvalue weighted by molar-refractivity contribution is 5.96. The molecule has 6 nitrogen and oxygen atoms in total. The zero-order valence-electron chi connectivity index (χ0n) is 12.8. The molecule has 2 aromatic carbocycles. The smallest absolute Gasteiger partial charge is 0.338 e. The first-order valence-electron chi connectivity index (χ1n) is 7.09. The van der Waals surface area contributed by atoms with Crippen LogP contribution >= 0.6 is 0 Å². The Morgan fingerprint density at radius 3 is 2.17 bits per heavy atom. The first-order valence-corrected chi connectivity index (χ1v) is 7.09. The summed E-state index contributed by atoms with van der Waals surface area (Å²) in [6, 6.07) is 13.0. The molecule has 1 atom stereocenters. The Balaban J connectivity index is 1.84. The molecule has 0 spiro atoms. The molecule has 7 heteroatoms. The highest BCUT2D eigenvalue weighted by Gasteiger charge is 2.19. The second-order valence-corrected chi connectivity index (χ2v) is 4.86. The average Bonchev–Trinajstić information content (AvgIpc) is 2.60. The van der Waals surface area contributed by atoms with Gasteiger partial charge in [0, 0.05) is 5.56 Å². The maximum absolute atomic E-state index is 12.8. The van der Waals surface area contributed by atoms with Gasteiger partial charge >= 0.3 is 5.97 Å². The third-order valence-corrected chi connectivity index (χ3v) is 3.07. The lowest BCUT2D eigenvalue weighted by Crippen LogP contribution is -2.46. The molecule has 2 rings (SSSR count). The van der Waals surface area contributed by atoms with Crippen LogP contribution in [-0.2, 0) is 9.53 Å². The lowest BCUT2D eigenvalue weighted by Gasteiger charge is -2.14. The zero-order valence-corrected chi connectivity index (χ0v) is 12.8. The highest BCUT2D eigenvalue weighted by Crippen LogP contribution is 2.06. The maximum Gasteiger partial charge on any atom is 0.338 e. The molecule has 24 heavy (non-hydrogen) atoms. The SMILES string of the molecule is C[C@H](OC(=O)c1ccc(F)cc1)C(=O)NNC(=O)c1ccccc1. The molecule has 0 saturated heterocycles. The van der Waals surface area contributed by atoms with Crippen LogP contribution in [0, 0.1) is 5.82 Å². The van der Waals surface area contributed by atoms with E-state index >= 15 is 0 Å². The fourth-order valence-corrected chi connectivity index (χ4v) is 1.75. The van der Waals surface area contributed by atoms with Gasteiger partial charge in [-0.3, -0.25) is 20.4 Å². The van der Waals surface area contributed by atoms with E-state index in [0.717, 1.165) is 12.1 Å². The number of esters is 1. The molecule has 124 valence electrons. The normalized spacial score (nSPS) is 11.2. The molecule has 0 heterocycles. The van der Waals surface area contributed by atoms with Crippen molar-refractivity contribution < 1.29 is 23.5 Å². The van der Waals surface area contributed by atoms with Crippen molar-refractivity contribution in [3.05, 3.63) is 71.5 Å². The van der Waals surface area contributed by atoms with Crippen molar-refractivity contribution in [2.75, 3.05) is 0 Å². The topological polar surface area (TPSA) is 84.5 Å². The summed E-state index contributed by atoms with van der Waals surface area (Å²) in [4.78, 5) is 35.4. The molecule has 0 bridgehead atoms. The minimum atomic E-state index is -1.14. The number of benzene rings is 2. The van der Waals surface area contributed by atoms with Crippen molar-refractivity contribution in [1.82, 2.24) is 10.9 Å². The molecule has 0 saturated carbocycles. The van der Waals surface area contributed by atoms with Crippen LogP contribution in [0.25, 0.3) is 0 Å². The van der Waals surface area contributed by atoms with E-state index in [9.17, 15) is 18.8 Å². The summed E-state index contributed by atoms with van der Waals surface area (Å²) < 4.78 is 17.8. The summed E-state index contributed by atoms with van der Waals surface area (Å²) in [7, 11) is 0. The van der Waals surface area contributed by atoms with Gasteiger partial charge in [-0.15, -0.1) is 0 Å². The van der Waals surface area contributed by atoms with E-state index in [1.54, 1.807) is 30.3 Å². The lowest BCUT2D eigenvalue weighted by atomic mass is 10.2. The molecule has 0 aliphatic rings. The first-order chi connectivity index (χ1) is 11.5. The van der Waals surface area contributed by atoms with Gasteiger partial charge < -0.3 is 4.74 Å². The van der Waals surface area contributed by atoms with E-state index in [1.807, 2.05) is 0 Å². The van der Waals surface area contributed by atoms with E-state index in [-0.39, 0.29) is 5.56 Å². The average molecular weight is 330 g/mol. The van der Waals surface area contributed by atoms with E-state index in [4.69, 9.17) is 4.74 Å². The minimum absolute atomic E-state index is 0.115. The summed E-state index contributed by atoms with van der Waals surface area (Å²) >= 11 is 0. The fourth-order valence-electron chi connectivity index (χ4n) is 1.75. The molecule has 0 unspecified atom stereocenters. The van der Waals surface area contributed by atoms with Gasteiger partial charge in [0.25, 0.3) is 11.8 Å². The van der Waals surface area contributed by atoms with Crippen LogP contribution in [0.5, 0.6) is 0 Å². The van der Waals surface area contributed by atoms with Gasteiger partial charge in [0.05, 0.1) is 5.56 Å². The third-order valence-electron chi connectivity index (χ3n) is 3.07. The monoisotopic (exact) mass is 330 g/mol. The second-order valence-electron chi connectivity index (χ2n) is 4.86. The molecule has 0 aliphatic carbocycles. The van der Waals surface area contributed by atoms with Crippen LogP contribution in [0.4, 0.5) is 4.39 Å². The molecule has 0 radical (unpaired) electrons. The molecule has 2 amide bonds. The van der Waals surface area contributed by atoms with Crippen LogP contribution in [0.1, 0.15) is 27.6 Å². The van der Waals surface area contributed by atoms with Crippen LogP contribution < -0.4 is 10.9 Å². The van der Waals surface area contributed by atoms with Gasteiger partial charge in [-0.25, -0.2) is 9.18 Å². The van der Waals surface area contributed by atoms with Crippen molar-refractivity contribution in [2.24, 2.45) is 0 Å². The lowest BCUT2D eigenvalue weighted by molar-refractivity contribution is -0.129. The summed E-state index contributed by atoms with van der Waals surface area (Å²) in [6.45, 7) is 1.35. The first kappa shape index (κ1) is 17.1. The predicted molar refractivity (Wildman–Crippen MR) is 83.3 cm³/mol. The molecular formula is C17H15FN2O4. The fraction of sp³-hybridized carbons (Fsp3) is 0.118. The number of halogens is 1. The number of nitrogens with one attached hydrogen (secondary N) is 2. The van der Waals surface area contributed by atoms with Crippen molar-refractivity contribution in [3.8, 4) is 0 Å². The van der Waals surface area contributed by atoms with Gasteiger partial charge in [-0.2, -0.15) is 0 Å². The number of carbonyl (C=O) groups is 3. The van der Waals surface area contributed by atoms with Crippen molar-refractivity contribution >= 4 is 17.8 Å². The van der Waals surface area contributed by atoms with Gasteiger partial charge in [-0.1, -0.05) is 18.2 Å². The van der Waals surface area contributed by atoms with Crippen molar-refractivity contribution in [1.29, 1.82) is 0 Å². The van der Waals surface area contributed by atoms with Crippen LogP contribution in [-0.4, -0.2) is 23.9 Å². The number of hydrazine groups is 1. The zero-order chi connectivity index (χ0) is 17.5. The van der Waals surface area contributed by atoms with E-state index in [1.165, 1.54) is 19.1 Å². The van der Waals surface area contributed by atoms with Gasteiger partial charge in [0.1, 0.15) is 5.82 Å². The molecule has 0 aliphatic heterocycles. The maximum atomic E-state index is 12.8. The van der Waals surface area contributed by atoms with Gasteiger partial charge in [0.2, 0.25) is 0 Å². The van der Waals surface area contributed by atoms with Crippen molar-refractivity contribution in [2.45, 2.75) is 13.0 Å². The number of rotatable bonds is 4. The molecule has 2 N–H and O–H groups in total. The van der Waals surface area contributed by atoms with E-state index in [2.05, 4.69) is 10.9 Å². The standard InChI is InChI=1S/C17H15FN2O4/c1-11(24-17(23)13-7-9-14(18)10-8-13)15(21)19-20-16(22)12-5-3-2-4-6-12/h2-11H,1H3,(H,19,21)(H,20,22)/t11-/m0/s1. The van der Waals surface area contributed by atoms with Gasteiger partial charge in [-0.05, 0) is 43.3 Å². The Labute approximate surface area is 137 Å². The Morgan fingerprint density at radius 2 is 1.54 bits per heavy atom. The molecular weight excluding hydrogens is 315 g/mol. The molecule has 0 aromatic heterocycles. The summed E-state index contributed by atoms with van der Waals surface area (Å²) in [5.74, 6) is -2.45. The third kappa shape index (κ3) is 4.64. The summed E-state index contributed by atoms with van der Waals surface area (Å²) in [5.41, 5.74) is 4.88. The number of ether oxygens (including phenoxy) is 1. The quantitative estimate of drug-likeness (QED) is 0.662. The Hall–Kier alpha value is -3.22. The Kier molecular flexibility index (Phi) is 5.62. The molecule has 2 aromatic rings. The summed E-state index contributed by atoms with van der Waals surface area (Å²) in [5, 5.41) is 0. The predicted octanol–water partition coefficient (Wildman–Crippen LogP) is 1.83. The summed E-state index contributed by atoms with van der Waals surface area (Å²) in [6.07, 6.45) is -1.14. The van der Waals surface area contributed by atoms with E-state index in [0.29, 0.717) is 5.56 Å². The van der Waals surface area contributed by atoms with Crippen LogP contribution in [0.15, 0.2) is 54.6 Å². The van der Waals surface area contributed by atoms with Crippen LogP contribution in [0.2, 0.25) is 0 Å². The number of amides is 2. The largest absolute Gasteiger partial charge is 0.449 e. The van der Waals surface area contributed by atoms with Gasteiger partial charge in [0.15, 0.2) is 6.10 Å². The highest BCUT2D eigenvalue weighted by atomic mass is 19.1. The van der Waals surface area contributed by atoms with E-state index < -0.39 is 29.7 Å².